The van der Waals surface area contributed by atoms with Crippen LogP contribution in [0.4, 0.5) is 36.8 Å². The maximum absolute atomic E-state index is 13.7. The number of hydrogen-bond acceptors (Lipinski definition) is 2. The van der Waals surface area contributed by atoms with E-state index in [4.69, 9.17) is 0 Å². The molecule has 0 unspecified atom stereocenters. The van der Waals surface area contributed by atoms with E-state index >= 15 is 0 Å². The topological polar surface area (TPSA) is 68.4 Å². The smallest absolute Gasteiger partial charge is 0.361 e. The normalized spacial score (nSPS) is 11.9. The van der Waals surface area contributed by atoms with Gasteiger partial charge < -0.3 is 20.1 Å². The van der Waals surface area contributed by atoms with Gasteiger partial charge in [-0.2, -0.15) is 26.3 Å². The Bertz CT molecular complexity index is 1530. The van der Waals surface area contributed by atoms with Gasteiger partial charge in [0.05, 0.1) is 11.1 Å². The first-order valence-electron chi connectivity index (χ1n) is 14.1. The Morgan fingerprint density at radius 3 is 2.09 bits per heavy atom. The maximum Gasteiger partial charge on any atom is 0.416 e. The Balaban J connectivity index is 1.55. The number of H-pyrrole nitrogens is 1. The lowest BCUT2D eigenvalue weighted by Crippen LogP contribution is -2.45. The summed E-state index contributed by atoms with van der Waals surface area (Å²) in [5, 5.41) is 3.17. The zero-order valence-corrected chi connectivity index (χ0v) is 23.9. The molecule has 1 heterocycles. The summed E-state index contributed by atoms with van der Waals surface area (Å²) < 4.78 is 80.1. The number of nitrogens with one attached hydrogen (secondary N) is 2. The molecule has 1 aromatic heterocycles. The molecule has 0 aliphatic carbocycles. The van der Waals surface area contributed by atoms with E-state index in [9.17, 15) is 35.9 Å². The van der Waals surface area contributed by atoms with Crippen LogP contribution in [-0.4, -0.2) is 46.4 Å². The van der Waals surface area contributed by atoms with E-state index in [0.29, 0.717) is 37.9 Å². The second-order valence-corrected chi connectivity index (χ2v) is 10.4. The van der Waals surface area contributed by atoms with Gasteiger partial charge in [0.25, 0.3) is 0 Å². The molecule has 3 amide bonds. The summed E-state index contributed by atoms with van der Waals surface area (Å²) in [7, 11) is 0. The van der Waals surface area contributed by atoms with Crippen LogP contribution in [0.2, 0.25) is 0 Å². The SMILES string of the molecule is CCCCN(CC(=O)N(CCc1c[nH]c2ccccc12)Cc1ccccc1)C(=O)Nc1cc(C(F)(F)F)cc(C(F)(F)F)c1. The van der Waals surface area contributed by atoms with E-state index in [1.54, 1.807) is 4.90 Å². The number of hydrogen-bond donors (Lipinski definition) is 2. The van der Waals surface area contributed by atoms with Crippen molar-refractivity contribution in [3.8, 4) is 0 Å². The summed E-state index contributed by atoms with van der Waals surface area (Å²) >= 11 is 0. The second kappa shape index (κ2) is 13.9. The maximum atomic E-state index is 13.7. The van der Waals surface area contributed by atoms with E-state index in [1.165, 1.54) is 0 Å². The van der Waals surface area contributed by atoms with Crippen molar-refractivity contribution in [1.29, 1.82) is 0 Å². The van der Waals surface area contributed by atoms with Gasteiger partial charge in [0, 0.05) is 42.4 Å². The fourth-order valence-corrected chi connectivity index (χ4v) is 4.78. The van der Waals surface area contributed by atoms with E-state index in [0.717, 1.165) is 26.9 Å². The Morgan fingerprint density at radius 1 is 0.818 bits per heavy atom. The molecule has 0 fully saturated rings. The van der Waals surface area contributed by atoms with Crippen molar-refractivity contribution in [2.24, 2.45) is 0 Å². The Kier molecular flexibility index (Phi) is 10.2. The number of unbranched alkanes of at least 4 members (excludes halogenated alkanes) is 1. The van der Waals surface area contributed by atoms with Crippen molar-refractivity contribution >= 4 is 28.5 Å². The van der Waals surface area contributed by atoms with Crippen LogP contribution in [0, 0.1) is 0 Å². The third-order valence-electron chi connectivity index (χ3n) is 7.13. The molecule has 44 heavy (non-hydrogen) atoms. The quantitative estimate of drug-likeness (QED) is 0.167. The first-order valence-corrected chi connectivity index (χ1v) is 14.1. The highest BCUT2D eigenvalue weighted by Gasteiger charge is 2.37. The Morgan fingerprint density at radius 2 is 1.45 bits per heavy atom. The van der Waals surface area contributed by atoms with Gasteiger partial charge >= 0.3 is 18.4 Å². The van der Waals surface area contributed by atoms with Crippen LogP contribution in [0.5, 0.6) is 0 Å². The van der Waals surface area contributed by atoms with Crippen LogP contribution in [0.25, 0.3) is 10.9 Å². The standard InChI is InChI=1S/C32H32F6N4O2/c1-2-3-14-42(30(44)40-26-17-24(31(33,34)35)16-25(18-26)32(36,37)38)21-29(43)41(20-22-9-5-4-6-10-22)15-13-23-19-39-28-12-8-7-11-27(23)28/h4-12,16-19,39H,2-3,13-15,20-21H2,1H3,(H,40,44). The molecule has 6 nitrogen and oxygen atoms in total. The summed E-state index contributed by atoms with van der Waals surface area (Å²) in [6, 6.07) is 16.9. The van der Waals surface area contributed by atoms with Gasteiger partial charge in [-0.15, -0.1) is 0 Å². The fourth-order valence-electron chi connectivity index (χ4n) is 4.78. The molecule has 3 aromatic carbocycles. The molecule has 0 aliphatic rings. The lowest BCUT2D eigenvalue weighted by Gasteiger charge is -2.28. The van der Waals surface area contributed by atoms with Gasteiger partial charge in [0.15, 0.2) is 0 Å². The first kappa shape index (κ1) is 32.4. The number of para-hydroxylation sites is 1. The van der Waals surface area contributed by atoms with Gasteiger partial charge in [0.2, 0.25) is 5.91 Å². The number of benzene rings is 3. The highest BCUT2D eigenvalue weighted by atomic mass is 19.4. The van der Waals surface area contributed by atoms with Crippen LogP contribution >= 0.6 is 0 Å². The number of amides is 3. The molecule has 0 radical (unpaired) electrons. The van der Waals surface area contributed by atoms with Gasteiger partial charge in [-0.05, 0) is 48.2 Å². The molecular weight excluding hydrogens is 586 g/mol. The summed E-state index contributed by atoms with van der Waals surface area (Å²) in [5.41, 5.74) is -0.971. The first-order chi connectivity index (χ1) is 20.8. The van der Waals surface area contributed by atoms with Gasteiger partial charge in [-0.25, -0.2) is 4.79 Å². The lowest BCUT2D eigenvalue weighted by molar-refractivity contribution is -0.143. The fraction of sp³-hybridized carbons (Fsp3) is 0.312. The average Bonchev–Trinajstić information content (AvgIpc) is 3.39. The third-order valence-corrected chi connectivity index (χ3v) is 7.13. The molecule has 0 aliphatic heterocycles. The van der Waals surface area contributed by atoms with Crippen molar-refractivity contribution in [2.75, 3.05) is 25.0 Å². The van der Waals surface area contributed by atoms with Crippen LogP contribution in [0.3, 0.4) is 0 Å². The summed E-state index contributed by atoms with van der Waals surface area (Å²) in [6.45, 7) is 2.05. The van der Waals surface area contributed by atoms with Crippen LogP contribution < -0.4 is 5.32 Å². The molecular formula is C32H32F6N4O2. The summed E-state index contributed by atoms with van der Waals surface area (Å²) in [4.78, 5) is 32.8. The number of aromatic nitrogens is 1. The van der Waals surface area contributed by atoms with E-state index < -0.39 is 47.6 Å². The molecule has 4 rings (SSSR count). The van der Waals surface area contributed by atoms with Crippen molar-refractivity contribution < 1.29 is 35.9 Å². The number of carbonyl (C=O) groups excluding carboxylic acids is 2. The molecule has 0 saturated carbocycles. The van der Waals surface area contributed by atoms with Crippen LogP contribution in [0.15, 0.2) is 79.0 Å². The van der Waals surface area contributed by atoms with Gasteiger partial charge in [-0.1, -0.05) is 61.9 Å². The Hall–Kier alpha value is -4.48. The number of aromatic amines is 1. The monoisotopic (exact) mass is 618 g/mol. The minimum Gasteiger partial charge on any atom is -0.361 e. The van der Waals surface area contributed by atoms with E-state index in [1.807, 2.05) is 67.7 Å². The Labute approximate surface area is 250 Å². The number of urea groups is 1. The lowest BCUT2D eigenvalue weighted by atomic mass is 10.1. The predicted molar refractivity (Wildman–Crippen MR) is 156 cm³/mol. The van der Waals surface area contributed by atoms with Crippen molar-refractivity contribution in [3.05, 3.63) is 101 Å². The molecule has 12 heteroatoms. The van der Waals surface area contributed by atoms with Gasteiger partial charge in [-0.3, -0.25) is 4.79 Å². The highest BCUT2D eigenvalue weighted by molar-refractivity contribution is 5.92. The molecule has 0 atom stereocenters. The molecule has 4 aromatic rings. The number of anilines is 1. The van der Waals surface area contributed by atoms with Crippen molar-refractivity contribution in [2.45, 2.75) is 45.1 Å². The number of nitrogens with zero attached hydrogens (tertiary/aromatic N) is 2. The average molecular weight is 619 g/mol. The van der Waals surface area contributed by atoms with Crippen molar-refractivity contribution in [3.63, 3.8) is 0 Å². The number of halogens is 6. The van der Waals surface area contributed by atoms with E-state index in [2.05, 4.69) is 10.3 Å². The summed E-state index contributed by atoms with van der Waals surface area (Å²) in [5.74, 6) is -0.417. The number of fused-ring (bicyclic) bond motifs is 1. The zero-order chi connectivity index (χ0) is 31.9. The molecule has 2 N–H and O–H groups in total. The van der Waals surface area contributed by atoms with Crippen LogP contribution in [-0.2, 0) is 30.1 Å². The third kappa shape index (κ3) is 8.55. The minimum atomic E-state index is -5.07. The van der Waals surface area contributed by atoms with E-state index in [-0.39, 0.29) is 19.2 Å². The zero-order valence-electron chi connectivity index (χ0n) is 23.9. The van der Waals surface area contributed by atoms with Crippen LogP contribution in [0.1, 0.15) is 42.0 Å². The predicted octanol–water partition coefficient (Wildman–Crippen LogP) is 8.11. The molecule has 234 valence electrons. The molecule has 0 spiro atoms. The highest BCUT2D eigenvalue weighted by Crippen LogP contribution is 2.37. The minimum absolute atomic E-state index is 0.0107. The largest absolute Gasteiger partial charge is 0.416 e. The molecule has 0 bridgehead atoms. The number of alkyl halides is 6. The summed E-state index contributed by atoms with van der Waals surface area (Å²) in [6.07, 6.45) is -6.66. The number of carbonyl (C=O) groups is 2. The van der Waals surface area contributed by atoms with Gasteiger partial charge in [0.1, 0.15) is 6.54 Å². The molecule has 0 saturated heterocycles. The second-order valence-electron chi connectivity index (χ2n) is 10.4. The van der Waals surface area contributed by atoms with Crippen molar-refractivity contribution in [1.82, 2.24) is 14.8 Å². The number of rotatable bonds is 11.